The quantitative estimate of drug-likeness (QED) is 0.699. The lowest BCUT2D eigenvalue weighted by atomic mass is 9.93. The molecule has 2 N–H and O–H groups in total. The van der Waals surface area contributed by atoms with E-state index in [4.69, 9.17) is 0 Å². The number of rotatable bonds is 5. The Morgan fingerprint density at radius 1 is 0.906 bits per heavy atom. The van der Waals surface area contributed by atoms with Crippen molar-refractivity contribution in [2.75, 3.05) is 26.2 Å². The van der Waals surface area contributed by atoms with E-state index < -0.39 is 10.0 Å². The van der Waals surface area contributed by atoms with E-state index in [2.05, 4.69) is 10.3 Å². The van der Waals surface area contributed by atoms with Gasteiger partial charge in [0.1, 0.15) is 10.6 Å². The van der Waals surface area contributed by atoms with Crippen LogP contribution in [0.5, 0.6) is 0 Å². The van der Waals surface area contributed by atoms with Crippen LogP contribution in [-0.2, 0) is 14.8 Å². The highest BCUT2D eigenvalue weighted by molar-refractivity contribution is 7.89. The monoisotopic (exact) mass is 464 g/mol. The third-order valence-corrected chi connectivity index (χ3v) is 8.97. The van der Waals surface area contributed by atoms with Crippen LogP contribution in [0.3, 0.4) is 0 Å². The number of nitrogens with one attached hydrogen (secondary N) is 2. The maximum Gasteiger partial charge on any atom is 0.270 e. The SMILES string of the molecule is O=C(NC1CCCCC1)C1CCCN(S(=O)(=O)c2c[nH]c(C(=O)N3CCCCCC3)c2)C1. The Morgan fingerprint density at radius 3 is 2.31 bits per heavy atom. The molecule has 1 atom stereocenters. The first-order valence-corrected chi connectivity index (χ1v) is 13.7. The van der Waals surface area contributed by atoms with Crippen molar-refractivity contribution in [3.8, 4) is 0 Å². The average Bonchev–Trinajstić information content (AvgIpc) is 3.16. The molecule has 0 spiro atoms. The Labute approximate surface area is 191 Å². The summed E-state index contributed by atoms with van der Waals surface area (Å²) in [5, 5.41) is 3.14. The average molecular weight is 465 g/mol. The number of nitrogens with zero attached hydrogens (tertiary/aromatic N) is 2. The zero-order valence-corrected chi connectivity index (χ0v) is 19.7. The summed E-state index contributed by atoms with van der Waals surface area (Å²) < 4.78 is 27.9. The van der Waals surface area contributed by atoms with Crippen LogP contribution in [0.4, 0.5) is 0 Å². The minimum atomic E-state index is -3.76. The number of aromatic nitrogens is 1. The van der Waals surface area contributed by atoms with Crippen LogP contribution in [0, 0.1) is 5.92 Å². The van der Waals surface area contributed by atoms with E-state index in [1.807, 2.05) is 4.90 Å². The Kier molecular flexibility index (Phi) is 7.55. The summed E-state index contributed by atoms with van der Waals surface area (Å²) in [4.78, 5) is 30.4. The molecule has 3 aliphatic rings. The standard InChI is InChI=1S/C23H36N4O4S/c28-22(25-19-10-4-3-5-11-19)18-9-8-14-27(17-18)32(30,31)20-15-21(24-16-20)23(29)26-12-6-1-2-7-13-26/h15-16,18-19,24H,1-14,17H2,(H,25,28). The topological polar surface area (TPSA) is 103 Å². The maximum atomic E-state index is 13.3. The van der Waals surface area contributed by atoms with Crippen LogP contribution in [-0.4, -0.2) is 66.6 Å². The number of sulfonamides is 1. The van der Waals surface area contributed by atoms with Crippen molar-refractivity contribution in [3.05, 3.63) is 18.0 Å². The summed E-state index contributed by atoms with van der Waals surface area (Å²) in [6.07, 6.45) is 12.5. The van der Waals surface area contributed by atoms with Gasteiger partial charge in [0, 0.05) is 38.4 Å². The number of carbonyl (C=O) groups excluding carboxylic acids is 2. The molecule has 2 aliphatic heterocycles. The van der Waals surface area contributed by atoms with Gasteiger partial charge in [-0.3, -0.25) is 9.59 Å². The molecule has 1 saturated carbocycles. The molecule has 1 unspecified atom stereocenters. The van der Waals surface area contributed by atoms with Gasteiger partial charge in [-0.15, -0.1) is 0 Å². The van der Waals surface area contributed by atoms with Crippen LogP contribution in [0.15, 0.2) is 17.2 Å². The minimum Gasteiger partial charge on any atom is -0.356 e. The van der Waals surface area contributed by atoms with Gasteiger partial charge in [0.15, 0.2) is 0 Å². The zero-order chi connectivity index (χ0) is 22.6. The van der Waals surface area contributed by atoms with Gasteiger partial charge in [-0.2, -0.15) is 4.31 Å². The van der Waals surface area contributed by atoms with Gasteiger partial charge in [0.05, 0.1) is 5.92 Å². The van der Waals surface area contributed by atoms with Gasteiger partial charge >= 0.3 is 0 Å². The highest BCUT2D eigenvalue weighted by Gasteiger charge is 2.35. The van der Waals surface area contributed by atoms with Crippen molar-refractivity contribution < 1.29 is 18.0 Å². The molecule has 0 radical (unpaired) electrons. The molecule has 9 heteroatoms. The first-order chi connectivity index (χ1) is 15.4. The summed E-state index contributed by atoms with van der Waals surface area (Å²) in [6, 6.07) is 1.68. The largest absolute Gasteiger partial charge is 0.356 e. The number of likely N-dealkylation sites (tertiary alicyclic amines) is 1. The summed E-state index contributed by atoms with van der Waals surface area (Å²) in [5.74, 6) is -0.489. The smallest absolute Gasteiger partial charge is 0.270 e. The van der Waals surface area contributed by atoms with Gasteiger partial charge in [-0.05, 0) is 44.6 Å². The number of H-pyrrole nitrogens is 1. The predicted octanol–water partition coefficient (Wildman–Crippen LogP) is 2.88. The van der Waals surface area contributed by atoms with E-state index in [1.165, 1.54) is 23.0 Å². The van der Waals surface area contributed by atoms with Gasteiger partial charge in [-0.1, -0.05) is 32.1 Å². The van der Waals surface area contributed by atoms with E-state index in [-0.39, 0.29) is 35.2 Å². The molecule has 0 bridgehead atoms. The first-order valence-electron chi connectivity index (χ1n) is 12.2. The molecular formula is C23H36N4O4S. The summed E-state index contributed by atoms with van der Waals surface area (Å²) in [7, 11) is -3.76. The Hall–Kier alpha value is -1.87. The van der Waals surface area contributed by atoms with E-state index in [0.29, 0.717) is 38.2 Å². The highest BCUT2D eigenvalue weighted by Crippen LogP contribution is 2.26. The van der Waals surface area contributed by atoms with Crippen molar-refractivity contribution in [2.45, 2.75) is 81.6 Å². The second kappa shape index (κ2) is 10.4. The first kappa shape index (κ1) is 23.3. The van der Waals surface area contributed by atoms with Gasteiger partial charge in [-0.25, -0.2) is 8.42 Å². The van der Waals surface area contributed by atoms with Crippen molar-refractivity contribution in [1.82, 2.24) is 19.5 Å². The van der Waals surface area contributed by atoms with E-state index in [1.54, 1.807) is 0 Å². The van der Waals surface area contributed by atoms with Crippen molar-refractivity contribution in [2.24, 2.45) is 5.92 Å². The molecule has 8 nitrogen and oxygen atoms in total. The molecule has 2 saturated heterocycles. The van der Waals surface area contributed by atoms with Crippen LogP contribution < -0.4 is 5.32 Å². The molecule has 0 aromatic carbocycles. The number of carbonyl (C=O) groups is 2. The maximum absolute atomic E-state index is 13.3. The molecule has 178 valence electrons. The fourth-order valence-electron chi connectivity index (χ4n) is 5.18. The van der Waals surface area contributed by atoms with Crippen LogP contribution >= 0.6 is 0 Å². The lowest BCUT2D eigenvalue weighted by Gasteiger charge is -2.32. The van der Waals surface area contributed by atoms with Crippen LogP contribution in [0.1, 0.15) is 81.1 Å². The predicted molar refractivity (Wildman–Crippen MR) is 122 cm³/mol. The van der Waals surface area contributed by atoms with Crippen LogP contribution in [0.2, 0.25) is 0 Å². The number of amides is 2. The summed E-state index contributed by atoms with van der Waals surface area (Å²) in [5.41, 5.74) is 0.314. The molecule has 1 aromatic heterocycles. The van der Waals surface area contributed by atoms with Gasteiger partial charge < -0.3 is 15.2 Å². The summed E-state index contributed by atoms with van der Waals surface area (Å²) >= 11 is 0. The highest BCUT2D eigenvalue weighted by atomic mass is 32.2. The van der Waals surface area contributed by atoms with Gasteiger partial charge in [0.25, 0.3) is 5.91 Å². The molecule has 3 fully saturated rings. The lowest BCUT2D eigenvalue weighted by molar-refractivity contribution is -0.127. The summed E-state index contributed by atoms with van der Waals surface area (Å²) in [6.45, 7) is 2.02. The molecule has 3 heterocycles. The Balaban J connectivity index is 1.40. The second-order valence-electron chi connectivity index (χ2n) is 9.50. The number of piperidine rings is 1. The lowest BCUT2D eigenvalue weighted by Crippen LogP contribution is -2.47. The number of aromatic amines is 1. The van der Waals surface area contributed by atoms with Crippen molar-refractivity contribution >= 4 is 21.8 Å². The fraction of sp³-hybridized carbons (Fsp3) is 0.739. The Morgan fingerprint density at radius 2 is 1.59 bits per heavy atom. The number of hydrogen-bond donors (Lipinski definition) is 2. The molecule has 2 amide bonds. The minimum absolute atomic E-state index is 0.0251. The zero-order valence-electron chi connectivity index (χ0n) is 18.9. The van der Waals surface area contributed by atoms with Crippen LogP contribution in [0.25, 0.3) is 0 Å². The number of hydrogen-bond acceptors (Lipinski definition) is 4. The molecule has 1 aromatic rings. The third kappa shape index (κ3) is 5.36. The van der Waals surface area contributed by atoms with Crippen molar-refractivity contribution in [1.29, 1.82) is 0 Å². The fourth-order valence-corrected chi connectivity index (χ4v) is 6.70. The molecule has 4 rings (SSSR count). The molecular weight excluding hydrogens is 428 g/mol. The van der Waals surface area contributed by atoms with Gasteiger partial charge in [0.2, 0.25) is 15.9 Å². The second-order valence-corrected chi connectivity index (χ2v) is 11.4. The molecule has 32 heavy (non-hydrogen) atoms. The third-order valence-electron chi connectivity index (χ3n) is 7.12. The van der Waals surface area contributed by atoms with E-state index in [9.17, 15) is 18.0 Å². The normalized spacial score (nSPS) is 24.1. The van der Waals surface area contributed by atoms with Crippen molar-refractivity contribution in [3.63, 3.8) is 0 Å². The van der Waals surface area contributed by atoms with E-state index in [0.717, 1.165) is 51.4 Å². The van der Waals surface area contributed by atoms with E-state index >= 15 is 0 Å². The molecule has 1 aliphatic carbocycles. The Bertz CT molecular complexity index is 899.